The van der Waals surface area contributed by atoms with Gasteiger partial charge in [0.1, 0.15) is 11.6 Å². The van der Waals surface area contributed by atoms with E-state index >= 15 is 0 Å². The van der Waals surface area contributed by atoms with Gasteiger partial charge in [0.2, 0.25) is 0 Å². The number of halogens is 1. The molecule has 0 bridgehead atoms. The molecule has 2 aromatic heterocycles. The summed E-state index contributed by atoms with van der Waals surface area (Å²) in [6.45, 7) is 1.78. The van der Waals surface area contributed by atoms with Crippen LogP contribution in [0.4, 0.5) is 10.1 Å². The zero-order valence-electron chi connectivity index (χ0n) is 16.2. The summed E-state index contributed by atoms with van der Waals surface area (Å²) in [6, 6.07) is 9.15. The Balaban J connectivity index is 1.58. The first-order chi connectivity index (χ1) is 14.5. The number of carbonyl (C=O) groups is 2. The highest BCUT2D eigenvalue weighted by Gasteiger charge is 2.28. The van der Waals surface area contributed by atoms with Crippen LogP contribution in [0.5, 0.6) is 0 Å². The first-order valence-electron chi connectivity index (χ1n) is 9.50. The smallest absolute Gasteiger partial charge is 0.291 e. The number of hydrogen-bond donors (Lipinski definition) is 2. The van der Waals surface area contributed by atoms with Crippen LogP contribution in [0, 0.1) is 12.7 Å². The van der Waals surface area contributed by atoms with Crippen LogP contribution in [0.2, 0.25) is 0 Å². The number of pyridine rings is 1. The fraction of sp³-hybridized carbons (Fsp3) is 0.182. The normalized spacial score (nSPS) is 14.3. The number of anilines is 1. The molecule has 2 amide bonds. The molecule has 0 saturated carbocycles. The standard InChI is InChI=1S/C22H19FN4O3/c1-13-19-17(26-27-21(28)15-7-2-3-8-16(15)23)9-4-10-18(19)30-20(13)22(29)25-14-6-5-11-24-12-14/h2-3,5-8,11-12H,4,9-10H2,1H3,(H,25,29)(H,27,28)/b26-17+. The largest absolute Gasteiger partial charge is 0.455 e. The van der Waals surface area contributed by atoms with Crippen LogP contribution in [0.25, 0.3) is 0 Å². The number of carbonyl (C=O) groups excluding carboxylic acids is 2. The summed E-state index contributed by atoms with van der Waals surface area (Å²) in [5.41, 5.74) is 4.84. The van der Waals surface area contributed by atoms with Crippen LogP contribution in [0.15, 0.2) is 58.3 Å². The highest BCUT2D eigenvalue weighted by atomic mass is 19.1. The molecule has 2 heterocycles. The maximum Gasteiger partial charge on any atom is 0.291 e. The van der Waals surface area contributed by atoms with Crippen molar-refractivity contribution in [2.45, 2.75) is 26.2 Å². The molecule has 4 rings (SSSR count). The number of amides is 2. The topological polar surface area (TPSA) is 96.6 Å². The number of fused-ring (bicyclic) bond motifs is 1. The van der Waals surface area contributed by atoms with E-state index in [0.717, 1.165) is 6.42 Å². The van der Waals surface area contributed by atoms with E-state index in [1.807, 2.05) is 0 Å². The summed E-state index contributed by atoms with van der Waals surface area (Å²) in [5.74, 6) is -0.797. The third-order valence-electron chi connectivity index (χ3n) is 4.86. The molecular formula is C22H19FN4O3. The van der Waals surface area contributed by atoms with E-state index in [-0.39, 0.29) is 17.2 Å². The van der Waals surface area contributed by atoms with E-state index in [0.29, 0.717) is 41.1 Å². The fourth-order valence-electron chi connectivity index (χ4n) is 3.45. The molecule has 1 aromatic carbocycles. The quantitative estimate of drug-likeness (QED) is 0.644. The molecule has 1 aliphatic rings. The SMILES string of the molecule is Cc1c(C(=O)Nc2cccnc2)oc2c1/C(=N/NC(=O)c1ccccc1F)CCC2. The molecule has 2 N–H and O–H groups in total. The number of aryl methyl sites for hydroxylation is 1. The molecule has 0 atom stereocenters. The molecule has 0 radical (unpaired) electrons. The van der Waals surface area contributed by atoms with Gasteiger partial charge in [-0.05, 0) is 44.0 Å². The predicted octanol–water partition coefficient (Wildman–Crippen LogP) is 3.84. The Morgan fingerprint density at radius 3 is 2.73 bits per heavy atom. The van der Waals surface area contributed by atoms with Crippen molar-refractivity contribution < 1.29 is 18.4 Å². The maximum atomic E-state index is 13.8. The van der Waals surface area contributed by atoms with Gasteiger partial charge in [0.05, 0.1) is 23.2 Å². The molecule has 0 spiro atoms. The number of nitrogens with one attached hydrogen (secondary N) is 2. The summed E-state index contributed by atoms with van der Waals surface area (Å²) in [5, 5.41) is 6.96. The van der Waals surface area contributed by atoms with Crippen molar-refractivity contribution in [3.63, 3.8) is 0 Å². The molecule has 7 nitrogen and oxygen atoms in total. The summed E-state index contributed by atoms with van der Waals surface area (Å²) in [6.07, 6.45) is 5.19. The van der Waals surface area contributed by atoms with Crippen LogP contribution in [0.3, 0.4) is 0 Å². The van der Waals surface area contributed by atoms with E-state index in [4.69, 9.17) is 4.42 Å². The summed E-state index contributed by atoms with van der Waals surface area (Å²) >= 11 is 0. The zero-order valence-corrected chi connectivity index (χ0v) is 16.2. The summed E-state index contributed by atoms with van der Waals surface area (Å²) in [4.78, 5) is 28.9. The van der Waals surface area contributed by atoms with E-state index in [1.165, 1.54) is 18.2 Å². The lowest BCUT2D eigenvalue weighted by molar-refractivity contribution is 0.0949. The van der Waals surface area contributed by atoms with Gasteiger partial charge < -0.3 is 9.73 Å². The van der Waals surface area contributed by atoms with Crippen LogP contribution >= 0.6 is 0 Å². The van der Waals surface area contributed by atoms with Gasteiger partial charge in [-0.3, -0.25) is 14.6 Å². The Kier molecular flexibility index (Phi) is 5.38. The zero-order chi connectivity index (χ0) is 21.1. The predicted molar refractivity (Wildman–Crippen MR) is 109 cm³/mol. The number of hydrazone groups is 1. The van der Waals surface area contributed by atoms with E-state index < -0.39 is 11.7 Å². The van der Waals surface area contributed by atoms with Gasteiger partial charge in [-0.15, -0.1) is 0 Å². The van der Waals surface area contributed by atoms with Crippen molar-refractivity contribution in [2.24, 2.45) is 5.10 Å². The highest BCUT2D eigenvalue weighted by Crippen LogP contribution is 2.30. The van der Waals surface area contributed by atoms with Gasteiger partial charge in [0.15, 0.2) is 5.76 Å². The van der Waals surface area contributed by atoms with E-state index in [9.17, 15) is 14.0 Å². The second-order valence-electron chi connectivity index (χ2n) is 6.88. The maximum absolute atomic E-state index is 13.8. The molecule has 0 unspecified atom stereocenters. The molecule has 152 valence electrons. The number of nitrogens with zero attached hydrogens (tertiary/aromatic N) is 2. The van der Waals surface area contributed by atoms with Crippen molar-refractivity contribution >= 4 is 23.2 Å². The lowest BCUT2D eigenvalue weighted by Gasteiger charge is -2.13. The fourth-order valence-corrected chi connectivity index (χ4v) is 3.45. The molecule has 0 fully saturated rings. The van der Waals surface area contributed by atoms with Crippen molar-refractivity contribution in [3.8, 4) is 0 Å². The van der Waals surface area contributed by atoms with Crippen molar-refractivity contribution in [1.82, 2.24) is 10.4 Å². The van der Waals surface area contributed by atoms with Gasteiger partial charge in [-0.2, -0.15) is 5.10 Å². The first-order valence-corrected chi connectivity index (χ1v) is 9.50. The van der Waals surface area contributed by atoms with Crippen molar-refractivity contribution in [3.05, 3.63) is 82.8 Å². The molecular weight excluding hydrogens is 387 g/mol. The number of aromatic nitrogens is 1. The van der Waals surface area contributed by atoms with Gasteiger partial charge in [-0.25, -0.2) is 9.82 Å². The Morgan fingerprint density at radius 2 is 1.97 bits per heavy atom. The lowest BCUT2D eigenvalue weighted by Crippen LogP contribution is -2.23. The number of furan rings is 1. The molecule has 8 heteroatoms. The van der Waals surface area contributed by atoms with Crippen molar-refractivity contribution in [2.75, 3.05) is 5.32 Å². The molecule has 1 aliphatic carbocycles. The summed E-state index contributed by atoms with van der Waals surface area (Å²) < 4.78 is 19.6. The lowest BCUT2D eigenvalue weighted by atomic mass is 9.93. The Morgan fingerprint density at radius 1 is 1.13 bits per heavy atom. The second kappa shape index (κ2) is 8.28. The monoisotopic (exact) mass is 406 g/mol. The van der Waals surface area contributed by atoms with Gasteiger partial charge >= 0.3 is 0 Å². The minimum Gasteiger partial charge on any atom is -0.455 e. The number of rotatable bonds is 4. The number of benzene rings is 1. The molecule has 30 heavy (non-hydrogen) atoms. The Labute approximate surface area is 172 Å². The van der Waals surface area contributed by atoms with Crippen molar-refractivity contribution in [1.29, 1.82) is 0 Å². The third-order valence-corrected chi connectivity index (χ3v) is 4.86. The van der Waals surface area contributed by atoms with Gasteiger partial charge in [0.25, 0.3) is 11.8 Å². The Hall–Kier alpha value is -3.81. The Bertz CT molecular complexity index is 1140. The average Bonchev–Trinajstić information content (AvgIpc) is 3.10. The van der Waals surface area contributed by atoms with E-state index in [1.54, 1.807) is 37.5 Å². The third kappa shape index (κ3) is 3.84. The van der Waals surface area contributed by atoms with Crippen LogP contribution < -0.4 is 10.7 Å². The van der Waals surface area contributed by atoms with Crippen LogP contribution in [-0.2, 0) is 6.42 Å². The van der Waals surface area contributed by atoms with Gasteiger partial charge in [0, 0.05) is 23.7 Å². The first kappa shape index (κ1) is 19.5. The van der Waals surface area contributed by atoms with Crippen LogP contribution in [0.1, 0.15) is 50.6 Å². The number of hydrogen-bond acceptors (Lipinski definition) is 5. The van der Waals surface area contributed by atoms with Gasteiger partial charge in [-0.1, -0.05) is 12.1 Å². The summed E-state index contributed by atoms with van der Waals surface area (Å²) in [7, 11) is 0. The minimum atomic E-state index is -0.636. The van der Waals surface area contributed by atoms with Crippen LogP contribution in [-0.4, -0.2) is 22.5 Å². The molecule has 0 aliphatic heterocycles. The average molecular weight is 406 g/mol. The molecule has 0 saturated heterocycles. The minimum absolute atomic E-state index is 0.0849. The van der Waals surface area contributed by atoms with E-state index in [2.05, 4.69) is 20.8 Å². The second-order valence-corrected chi connectivity index (χ2v) is 6.88. The highest BCUT2D eigenvalue weighted by molar-refractivity contribution is 6.09. The molecule has 3 aromatic rings.